The van der Waals surface area contributed by atoms with Crippen LogP contribution in [0.1, 0.15) is 22.9 Å². The van der Waals surface area contributed by atoms with Crippen LogP contribution in [-0.4, -0.2) is 28.8 Å². The van der Waals surface area contributed by atoms with E-state index in [1.165, 1.54) is 17.2 Å². The fourth-order valence-corrected chi connectivity index (χ4v) is 3.62. The van der Waals surface area contributed by atoms with Gasteiger partial charge in [0.15, 0.2) is 11.5 Å². The number of aliphatic hydroxyl groups is 1. The first-order chi connectivity index (χ1) is 15.1. The van der Waals surface area contributed by atoms with Gasteiger partial charge in [0.25, 0.3) is 5.91 Å². The van der Waals surface area contributed by atoms with Crippen molar-refractivity contribution in [1.29, 1.82) is 0 Å². The maximum absolute atomic E-state index is 13.1. The van der Waals surface area contributed by atoms with Crippen LogP contribution in [0.5, 0.6) is 5.75 Å². The first-order valence-electron chi connectivity index (χ1n) is 9.76. The highest BCUT2D eigenvalue weighted by Crippen LogP contribution is 2.40. The number of carbonyl (C=O) groups is 2. The molecule has 1 unspecified atom stereocenters. The van der Waals surface area contributed by atoms with Gasteiger partial charge in [-0.05, 0) is 41.5 Å². The average molecular weight is 415 g/mol. The van der Waals surface area contributed by atoms with Gasteiger partial charge in [-0.15, -0.1) is 0 Å². The minimum absolute atomic E-state index is 0.0250. The molecule has 1 aliphatic heterocycles. The van der Waals surface area contributed by atoms with Crippen LogP contribution < -0.4 is 4.74 Å². The molecule has 0 saturated heterocycles. The van der Waals surface area contributed by atoms with Gasteiger partial charge in [0.1, 0.15) is 11.5 Å². The Kier molecular flexibility index (Phi) is 5.71. The van der Waals surface area contributed by atoms with E-state index in [1.54, 1.807) is 49.6 Å². The number of ether oxygens (including phenoxy) is 1. The van der Waals surface area contributed by atoms with E-state index in [-0.39, 0.29) is 12.1 Å². The highest BCUT2D eigenvalue weighted by atomic mass is 16.5. The molecule has 0 spiro atoms. The highest BCUT2D eigenvalue weighted by molar-refractivity contribution is 6.14. The number of rotatable bonds is 7. The maximum Gasteiger partial charge on any atom is 0.290 e. The largest absolute Gasteiger partial charge is 0.503 e. The smallest absolute Gasteiger partial charge is 0.290 e. The monoisotopic (exact) mass is 415 g/mol. The molecular weight excluding hydrogens is 394 g/mol. The molecule has 0 fully saturated rings. The Labute approximate surface area is 179 Å². The maximum atomic E-state index is 13.1. The van der Waals surface area contributed by atoms with E-state index in [2.05, 4.69) is 0 Å². The molecule has 6 heteroatoms. The molecule has 1 aromatic heterocycles. The van der Waals surface area contributed by atoms with Crippen LogP contribution in [0.3, 0.4) is 0 Å². The van der Waals surface area contributed by atoms with Gasteiger partial charge in [-0.2, -0.15) is 0 Å². The van der Waals surface area contributed by atoms with Gasteiger partial charge >= 0.3 is 0 Å². The third-order valence-corrected chi connectivity index (χ3v) is 5.11. The number of methoxy groups -OCH3 is 1. The number of furan rings is 1. The molecule has 3 aromatic rings. The van der Waals surface area contributed by atoms with Gasteiger partial charge in [0, 0.05) is 0 Å². The molecule has 2 heterocycles. The summed E-state index contributed by atoms with van der Waals surface area (Å²) in [6.07, 6.45) is 4.54. The van der Waals surface area contributed by atoms with E-state index in [0.29, 0.717) is 17.1 Å². The van der Waals surface area contributed by atoms with Crippen LogP contribution >= 0.6 is 0 Å². The summed E-state index contributed by atoms with van der Waals surface area (Å²) < 4.78 is 10.7. The van der Waals surface area contributed by atoms with Crippen molar-refractivity contribution in [2.24, 2.45) is 0 Å². The molecule has 156 valence electrons. The topological polar surface area (TPSA) is 80.0 Å². The number of amides is 1. The lowest BCUT2D eigenvalue weighted by atomic mass is 9.95. The van der Waals surface area contributed by atoms with Crippen LogP contribution in [0.25, 0.3) is 6.08 Å². The Hall–Kier alpha value is -4.06. The number of ketones is 1. The van der Waals surface area contributed by atoms with E-state index in [1.807, 2.05) is 30.3 Å². The average Bonchev–Trinajstić information content (AvgIpc) is 3.40. The van der Waals surface area contributed by atoms with Crippen molar-refractivity contribution in [3.05, 3.63) is 107 Å². The van der Waals surface area contributed by atoms with Gasteiger partial charge in [-0.25, -0.2) is 0 Å². The summed E-state index contributed by atoms with van der Waals surface area (Å²) in [4.78, 5) is 27.5. The summed E-state index contributed by atoms with van der Waals surface area (Å²) in [5, 5.41) is 10.7. The Balaban J connectivity index is 1.73. The van der Waals surface area contributed by atoms with Gasteiger partial charge in [-0.1, -0.05) is 48.5 Å². The third-order valence-electron chi connectivity index (χ3n) is 5.11. The molecule has 0 bridgehead atoms. The lowest BCUT2D eigenvalue weighted by molar-refractivity contribution is -0.130. The molecule has 1 atom stereocenters. The standard InChI is InChI=1S/C25H21NO5/c1-30-19-10-5-9-18(15-19)23-22(21(27)13-12-17-7-3-2-4-8-17)24(28)25(29)26(23)16-20-11-6-14-31-20/h2-15,23,28H,16H2,1H3. The second-order valence-corrected chi connectivity index (χ2v) is 7.06. The lowest BCUT2D eigenvalue weighted by Crippen LogP contribution is -2.30. The minimum atomic E-state index is -0.777. The van der Waals surface area contributed by atoms with Gasteiger partial charge < -0.3 is 19.2 Å². The lowest BCUT2D eigenvalue weighted by Gasteiger charge is -2.26. The van der Waals surface area contributed by atoms with E-state index in [4.69, 9.17) is 9.15 Å². The molecule has 31 heavy (non-hydrogen) atoms. The Morgan fingerprint density at radius 3 is 2.65 bits per heavy atom. The zero-order chi connectivity index (χ0) is 21.8. The van der Waals surface area contributed by atoms with Crippen LogP contribution in [0.15, 0.2) is 94.8 Å². The first-order valence-corrected chi connectivity index (χ1v) is 9.76. The zero-order valence-electron chi connectivity index (χ0n) is 16.9. The number of hydrogen-bond donors (Lipinski definition) is 1. The predicted molar refractivity (Wildman–Crippen MR) is 115 cm³/mol. The van der Waals surface area contributed by atoms with Crippen molar-refractivity contribution in [3.63, 3.8) is 0 Å². The zero-order valence-corrected chi connectivity index (χ0v) is 16.9. The van der Waals surface area contributed by atoms with Gasteiger partial charge in [-0.3, -0.25) is 9.59 Å². The predicted octanol–water partition coefficient (Wildman–Crippen LogP) is 4.47. The fourth-order valence-electron chi connectivity index (χ4n) is 3.62. The SMILES string of the molecule is COc1cccc(C2C(C(=O)C=Cc3ccccc3)=C(O)C(=O)N2Cc2ccco2)c1. The highest BCUT2D eigenvalue weighted by Gasteiger charge is 2.43. The number of aliphatic hydroxyl groups excluding tert-OH is 1. The number of benzene rings is 2. The van der Waals surface area contributed by atoms with Crippen LogP contribution in [0, 0.1) is 0 Å². The Morgan fingerprint density at radius 1 is 1.13 bits per heavy atom. The van der Waals surface area contributed by atoms with Crippen LogP contribution in [0.4, 0.5) is 0 Å². The third kappa shape index (κ3) is 4.14. The van der Waals surface area contributed by atoms with Crippen molar-refractivity contribution in [3.8, 4) is 5.75 Å². The van der Waals surface area contributed by atoms with E-state index in [0.717, 1.165) is 5.56 Å². The quantitative estimate of drug-likeness (QED) is 0.576. The minimum Gasteiger partial charge on any atom is -0.503 e. The summed E-state index contributed by atoms with van der Waals surface area (Å²) in [6, 6.07) is 19.1. The molecular formula is C25H21NO5. The second-order valence-electron chi connectivity index (χ2n) is 7.06. The number of allylic oxidation sites excluding steroid dienone is 1. The fraction of sp³-hybridized carbons (Fsp3) is 0.120. The summed E-state index contributed by atoms with van der Waals surface area (Å²) >= 11 is 0. The summed E-state index contributed by atoms with van der Waals surface area (Å²) in [5.41, 5.74) is 1.52. The van der Waals surface area contributed by atoms with Crippen molar-refractivity contribution >= 4 is 17.8 Å². The molecule has 6 nitrogen and oxygen atoms in total. The number of nitrogens with zero attached hydrogens (tertiary/aromatic N) is 1. The van der Waals surface area contributed by atoms with E-state index < -0.39 is 23.5 Å². The van der Waals surface area contributed by atoms with Gasteiger partial charge in [0.2, 0.25) is 0 Å². The molecule has 0 radical (unpaired) electrons. The number of carbonyl (C=O) groups excluding carboxylic acids is 2. The van der Waals surface area contributed by atoms with Crippen LogP contribution in [0.2, 0.25) is 0 Å². The molecule has 2 aromatic carbocycles. The van der Waals surface area contributed by atoms with Crippen molar-refractivity contribution < 1.29 is 23.8 Å². The molecule has 0 aliphatic carbocycles. The van der Waals surface area contributed by atoms with Crippen LogP contribution in [-0.2, 0) is 16.1 Å². The number of hydrogen-bond acceptors (Lipinski definition) is 5. The van der Waals surface area contributed by atoms with E-state index >= 15 is 0 Å². The molecule has 0 saturated carbocycles. The summed E-state index contributed by atoms with van der Waals surface area (Å²) in [5.74, 6) is -0.490. The Morgan fingerprint density at radius 2 is 1.94 bits per heavy atom. The van der Waals surface area contributed by atoms with Crippen molar-refractivity contribution in [1.82, 2.24) is 4.90 Å². The molecule has 1 aliphatic rings. The van der Waals surface area contributed by atoms with Gasteiger partial charge in [0.05, 0.1) is 31.5 Å². The van der Waals surface area contributed by atoms with E-state index in [9.17, 15) is 14.7 Å². The molecule has 1 N–H and O–H groups in total. The molecule has 1 amide bonds. The first kappa shape index (κ1) is 20.2. The second kappa shape index (κ2) is 8.75. The van der Waals surface area contributed by atoms with Crippen molar-refractivity contribution in [2.45, 2.75) is 12.6 Å². The van der Waals surface area contributed by atoms with Crippen molar-refractivity contribution in [2.75, 3.05) is 7.11 Å². The summed E-state index contributed by atoms with van der Waals surface area (Å²) in [6.45, 7) is 0.108. The summed E-state index contributed by atoms with van der Waals surface area (Å²) in [7, 11) is 1.54. The Bertz CT molecular complexity index is 1150. The normalized spacial score (nSPS) is 16.4. The molecule has 4 rings (SSSR count).